The Balaban J connectivity index is 2.00. The average molecular weight is 312 g/mol. The van der Waals surface area contributed by atoms with Crippen LogP contribution < -0.4 is 10.5 Å². The Labute approximate surface area is 124 Å². The van der Waals surface area contributed by atoms with Gasteiger partial charge in [0.2, 0.25) is 15.9 Å². The quantitative estimate of drug-likeness (QED) is 0.864. The first-order valence-corrected chi connectivity index (χ1v) is 8.36. The second-order valence-electron chi connectivity index (χ2n) is 5.42. The number of nitrogens with one attached hydrogen (secondary N) is 1. The van der Waals surface area contributed by atoms with Gasteiger partial charge in [-0.1, -0.05) is 12.1 Å². The lowest BCUT2D eigenvalue weighted by molar-refractivity contribution is -0.125. The molecule has 3 atom stereocenters. The zero-order chi connectivity index (χ0) is 15.6. The predicted octanol–water partition coefficient (Wildman–Crippen LogP) is 0.936. The fraction of sp³-hybridized carbons (Fsp3) is 0.500. The number of ether oxygens (including phenoxy) is 1. The van der Waals surface area contributed by atoms with Crippen molar-refractivity contribution >= 4 is 15.9 Å². The van der Waals surface area contributed by atoms with Crippen molar-refractivity contribution in [2.75, 3.05) is 6.61 Å². The van der Waals surface area contributed by atoms with E-state index in [0.29, 0.717) is 6.61 Å². The van der Waals surface area contributed by atoms with Crippen molar-refractivity contribution in [2.45, 2.75) is 37.3 Å². The van der Waals surface area contributed by atoms with Crippen molar-refractivity contribution in [1.82, 2.24) is 5.32 Å². The molecule has 1 heterocycles. The van der Waals surface area contributed by atoms with E-state index in [-0.39, 0.29) is 28.9 Å². The number of sulfonamides is 1. The van der Waals surface area contributed by atoms with Crippen LogP contribution in [-0.4, -0.2) is 27.0 Å². The van der Waals surface area contributed by atoms with Gasteiger partial charge in [0.1, 0.15) is 0 Å². The van der Waals surface area contributed by atoms with Gasteiger partial charge in [-0.05, 0) is 38.0 Å². The molecule has 6 nitrogen and oxygen atoms in total. The summed E-state index contributed by atoms with van der Waals surface area (Å²) in [6.45, 7) is 4.25. The summed E-state index contributed by atoms with van der Waals surface area (Å²) >= 11 is 0. The Morgan fingerprint density at radius 3 is 2.48 bits per heavy atom. The number of primary sulfonamides is 1. The number of benzene rings is 1. The second-order valence-corrected chi connectivity index (χ2v) is 6.98. The molecule has 0 aromatic heterocycles. The highest BCUT2D eigenvalue weighted by molar-refractivity contribution is 7.89. The Morgan fingerprint density at radius 2 is 2.00 bits per heavy atom. The van der Waals surface area contributed by atoms with Crippen molar-refractivity contribution < 1.29 is 17.9 Å². The monoisotopic (exact) mass is 312 g/mol. The zero-order valence-corrected chi connectivity index (χ0v) is 12.9. The Hall–Kier alpha value is -1.44. The van der Waals surface area contributed by atoms with Crippen molar-refractivity contribution in [2.24, 2.45) is 11.1 Å². The highest BCUT2D eigenvalue weighted by atomic mass is 32.2. The molecule has 1 saturated heterocycles. The van der Waals surface area contributed by atoms with E-state index in [1.165, 1.54) is 12.1 Å². The van der Waals surface area contributed by atoms with Crippen LogP contribution in [0.5, 0.6) is 0 Å². The molecule has 2 rings (SSSR count). The van der Waals surface area contributed by atoms with Crippen LogP contribution in [0, 0.1) is 5.92 Å². The smallest absolute Gasteiger partial charge is 0.238 e. The molecule has 3 unspecified atom stereocenters. The minimum atomic E-state index is -3.69. The van der Waals surface area contributed by atoms with Crippen LogP contribution >= 0.6 is 0 Å². The van der Waals surface area contributed by atoms with Gasteiger partial charge in [0, 0.05) is 0 Å². The molecule has 1 aliphatic heterocycles. The van der Waals surface area contributed by atoms with Crippen LogP contribution in [0.1, 0.15) is 31.9 Å². The van der Waals surface area contributed by atoms with Crippen LogP contribution in [0.15, 0.2) is 29.2 Å². The van der Waals surface area contributed by atoms with E-state index in [1.54, 1.807) is 12.1 Å². The maximum absolute atomic E-state index is 12.1. The third-order valence-corrected chi connectivity index (χ3v) is 4.57. The lowest BCUT2D eigenvalue weighted by atomic mass is 10.0. The van der Waals surface area contributed by atoms with E-state index in [0.717, 1.165) is 12.0 Å². The SMILES string of the molecule is CC1CC(C(=O)NC(C)c2ccc(S(N)(=O)=O)cc2)CO1. The van der Waals surface area contributed by atoms with E-state index in [1.807, 2.05) is 13.8 Å². The molecule has 3 N–H and O–H groups in total. The predicted molar refractivity (Wildman–Crippen MR) is 77.9 cm³/mol. The molecule has 1 aliphatic rings. The molecule has 0 radical (unpaired) electrons. The summed E-state index contributed by atoms with van der Waals surface area (Å²) in [4.78, 5) is 12.2. The third kappa shape index (κ3) is 4.03. The molecular formula is C14H20N2O4S. The number of carbonyl (C=O) groups excluding carboxylic acids is 1. The van der Waals surface area contributed by atoms with Gasteiger partial charge in [-0.25, -0.2) is 13.6 Å². The topological polar surface area (TPSA) is 98.5 Å². The molecule has 0 aliphatic carbocycles. The number of hydrogen-bond acceptors (Lipinski definition) is 4. The van der Waals surface area contributed by atoms with Gasteiger partial charge in [-0.2, -0.15) is 0 Å². The average Bonchev–Trinajstić information content (AvgIpc) is 2.84. The molecule has 1 fully saturated rings. The summed E-state index contributed by atoms with van der Waals surface area (Å²) in [7, 11) is -3.69. The normalized spacial score (nSPS) is 23.8. The van der Waals surface area contributed by atoms with Gasteiger partial charge >= 0.3 is 0 Å². The van der Waals surface area contributed by atoms with Gasteiger partial charge in [-0.3, -0.25) is 4.79 Å². The summed E-state index contributed by atoms with van der Waals surface area (Å²) in [5.74, 6) is -0.159. The summed E-state index contributed by atoms with van der Waals surface area (Å²) in [6.07, 6.45) is 0.841. The Bertz CT molecular complexity index is 612. The maximum atomic E-state index is 12.1. The minimum Gasteiger partial charge on any atom is -0.378 e. The molecule has 0 saturated carbocycles. The fourth-order valence-electron chi connectivity index (χ4n) is 2.36. The Kier molecular flexibility index (Phi) is 4.65. The van der Waals surface area contributed by atoms with Crippen molar-refractivity contribution in [3.8, 4) is 0 Å². The van der Waals surface area contributed by atoms with Gasteiger partial charge in [0.15, 0.2) is 0 Å². The zero-order valence-electron chi connectivity index (χ0n) is 12.1. The maximum Gasteiger partial charge on any atom is 0.238 e. The fourth-order valence-corrected chi connectivity index (χ4v) is 2.88. The highest BCUT2D eigenvalue weighted by Crippen LogP contribution is 2.21. The van der Waals surface area contributed by atoms with Gasteiger partial charge in [0.25, 0.3) is 0 Å². The molecule has 7 heteroatoms. The summed E-state index contributed by atoms with van der Waals surface area (Å²) in [6, 6.07) is 5.97. The largest absolute Gasteiger partial charge is 0.378 e. The highest BCUT2D eigenvalue weighted by Gasteiger charge is 2.29. The van der Waals surface area contributed by atoms with E-state index < -0.39 is 10.0 Å². The van der Waals surface area contributed by atoms with Gasteiger partial charge < -0.3 is 10.1 Å². The van der Waals surface area contributed by atoms with E-state index in [4.69, 9.17) is 9.88 Å². The summed E-state index contributed by atoms with van der Waals surface area (Å²) < 4.78 is 27.8. The molecule has 1 aromatic rings. The van der Waals surface area contributed by atoms with Gasteiger partial charge in [-0.15, -0.1) is 0 Å². The van der Waals surface area contributed by atoms with Crippen LogP contribution in [0.3, 0.4) is 0 Å². The van der Waals surface area contributed by atoms with Crippen LogP contribution in [-0.2, 0) is 19.6 Å². The first-order valence-electron chi connectivity index (χ1n) is 6.82. The van der Waals surface area contributed by atoms with Crippen LogP contribution in [0.2, 0.25) is 0 Å². The van der Waals surface area contributed by atoms with Crippen molar-refractivity contribution in [3.05, 3.63) is 29.8 Å². The first kappa shape index (κ1) is 15.9. The van der Waals surface area contributed by atoms with Crippen LogP contribution in [0.25, 0.3) is 0 Å². The molecule has 21 heavy (non-hydrogen) atoms. The molecule has 0 bridgehead atoms. The lowest BCUT2D eigenvalue weighted by Crippen LogP contribution is -2.33. The van der Waals surface area contributed by atoms with E-state index in [9.17, 15) is 13.2 Å². The lowest BCUT2D eigenvalue weighted by Gasteiger charge is -2.17. The standard InChI is InChI=1S/C14H20N2O4S/c1-9-7-12(8-20-9)14(17)16-10(2)11-3-5-13(6-4-11)21(15,18)19/h3-6,9-10,12H,7-8H2,1-2H3,(H,16,17)(H2,15,18,19). The first-order chi connectivity index (χ1) is 9.77. The number of nitrogens with two attached hydrogens (primary N) is 1. The number of amides is 1. The second kappa shape index (κ2) is 6.13. The number of rotatable bonds is 4. The number of carbonyl (C=O) groups is 1. The summed E-state index contributed by atoms with van der Waals surface area (Å²) in [5, 5.41) is 7.97. The van der Waals surface area contributed by atoms with E-state index >= 15 is 0 Å². The summed E-state index contributed by atoms with van der Waals surface area (Å²) in [5.41, 5.74) is 0.822. The minimum absolute atomic E-state index is 0.0395. The molecule has 0 spiro atoms. The van der Waals surface area contributed by atoms with Gasteiger partial charge in [0.05, 0.1) is 29.6 Å². The van der Waals surface area contributed by atoms with Crippen molar-refractivity contribution in [3.63, 3.8) is 0 Å². The molecular weight excluding hydrogens is 292 g/mol. The Morgan fingerprint density at radius 1 is 1.38 bits per heavy atom. The van der Waals surface area contributed by atoms with Crippen molar-refractivity contribution in [1.29, 1.82) is 0 Å². The molecule has 1 amide bonds. The third-order valence-electron chi connectivity index (χ3n) is 3.64. The number of hydrogen-bond donors (Lipinski definition) is 2. The van der Waals surface area contributed by atoms with E-state index in [2.05, 4.69) is 5.32 Å². The molecule has 1 aromatic carbocycles. The van der Waals surface area contributed by atoms with Crippen LogP contribution in [0.4, 0.5) is 0 Å². The molecule has 116 valence electrons.